The zero-order chi connectivity index (χ0) is 15.4. The van der Waals surface area contributed by atoms with Crippen molar-refractivity contribution in [3.05, 3.63) is 35.9 Å². The second-order valence-electron chi connectivity index (χ2n) is 5.02. The van der Waals surface area contributed by atoms with Gasteiger partial charge in [-0.15, -0.1) is 0 Å². The molecule has 0 fully saturated rings. The molecule has 0 aliphatic heterocycles. The van der Waals surface area contributed by atoms with E-state index in [4.69, 9.17) is 4.74 Å². The molecule has 0 radical (unpaired) electrons. The van der Waals surface area contributed by atoms with Gasteiger partial charge in [0.2, 0.25) is 10.0 Å². The third-order valence-corrected chi connectivity index (χ3v) is 4.44. The highest BCUT2D eigenvalue weighted by atomic mass is 32.2. The van der Waals surface area contributed by atoms with Crippen molar-refractivity contribution >= 4 is 16.0 Å². The molecule has 0 spiro atoms. The molecule has 1 rings (SSSR count). The molecule has 7 heteroatoms. The number of aliphatic carboxylic acids is 1. The Kier molecular flexibility index (Phi) is 5.27. The molecule has 0 bridgehead atoms. The van der Waals surface area contributed by atoms with Crippen LogP contribution in [0.15, 0.2) is 30.3 Å². The lowest BCUT2D eigenvalue weighted by molar-refractivity contribution is -0.139. The largest absolute Gasteiger partial charge is 0.480 e. The van der Waals surface area contributed by atoms with Gasteiger partial charge in [0.15, 0.2) is 0 Å². The van der Waals surface area contributed by atoms with Crippen LogP contribution in [0.25, 0.3) is 0 Å². The van der Waals surface area contributed by atoms with Crippen LogP contribution in [-0.4, -0.2) is 38.0 Å². The number of nitrogens with one attached hydrogen (secondary N) is 1. The van der Waals surface area contributed by atoms with Crippen molar-refractivity contribution in [3.63, 3.8) is 0 Å². The van der Waals surface area contributed by atoms with E-state index >= 15 is 0 Å². The highest BCUT2D eigenvalue weighted by Gasteiger charge is 2.31. The minimum atomic E-state index is -3.80. The first-order valence-electron chi connectivity index (χ1n) is 6.00. The van der Waals surface area contributed by atoms with Gasteiger partial charge in [0.05, 0.1) is 11.4 Å². The molecule has 0 heterocycles. The van der Waals surface area contributed by atoms with E-state index in [1.54, 1.807) is 44.2 Å². The summed E-state index contributed by atoms with van der Waals surface area (Å²) in [5.41, 5.74) is -0.523. The van der Waals surface area contributed by atoms with Crippen LogP contribution < -0.4 is 4.72 Å². The van der Waals surface area contributed by atoms with Gasteiger partial charge in [0.25, 0.3) is 0 Å². The maximum Gasteiger partial charge on any atom is 0.326 e. The van der Waals surface area contributed by atoms with E-state index in [2.05, 4.69) is 4.72 Å². The molecule has 112 valence electrons. The van der Waals surface area contributed by atoms with Crippen molar-refractivity contribution in [1.82, 2.24) is 4.72 Å². The SMILES string of the molecule is COC(C)(C)CS(=O)(=O)N[C@@H](C(=O)O)c1ccccc1. The van der Waals surface area contributed by atoms with Crippen LogP contribution in [0, 0.1) is 0 Å². The predicted octanol–water partition coefficient (Wildman–Crippen LogP) is 1.16. The predicted molar refractivity (Wildman–Crippen MR) is 74.8 cm³/mol. The first-order valence-corrected chi connectivity index (χ1v) is 7.65. The number of methoxy groups -OCH3 is 1. The smallest absolute Gasteiger partial charge is 0.326 e. The van der Waals surface area contributed by atoms with Gasteiger partial charge in [-0.1, -0.05) is 30.3 Å². The number of hydrogen-bond acceptors (Lipinski definition) is 4. The van der Waals surface area contributed by atoms with E-state index in [-0.39, 0.29) is 5.75 Å². The van der Waals surface area contributed by atoms with E-state index < -0.39 is 27.6 Å². The number of sulfonamides is 1. The van der Waals surface area contributed by atoms with E-state index in [1.165, 1.54) is 7.11 Å². The van der Waals surface area contributed by atoms with Crippen LogP contribution in [0.5, 0.6) is 0 Å². The fourth-order valence-electron chi connectivity index (χ4n) is 1.64. The van der Waals surface area contributed by atoms with Crippen LogP contribution in [0.2, 0.25) is 0 Å². The lowest BCUT2D eigenvalue weighted by atomic mass is 10.1. The molecular formula is C13H19NO5S. The molecule has 0 unspecified atom stereocenters. The standard InChI is InChI=1S/C13H19NO5S/c1-13(2,19-3)9-20(17,18)14-11(12(15)16)10-7-5-4-6-8-10/h4-8,11,14H,9H2,1-3H3,(H,15,16)/t11-/m1/s1. The van der Waals surface area contributed by atoms with Crippen LogP contribution in [-0.2, 0) is 19.6 Å². The van der Waals surface area contributed by atoms with E-state index in [1.807, 2.05) is 0 Å². The summed E-state index contributed by atoms with van der Waals surface area (Å²) in [6.07, 6.45) is 0. The summed E-state index contributed by atoms with van der Waals surface area (Å²) in [5, 5.41) is 9.19. The van der Waals surface area contributed by atoms with Crippen molar-refractivity contribution < 1.29 is 23.1 Å². The molecule has 0 aromatic heterocycles. The van der Waals surface area contributed by atoms with Gasteiger partial charge in [-0.2, -0.15) is 4.72 Å². The van der Waals surface area contributed by atoms with Crippen molar-refractivity contribution in [2.75, 3.05) is 12.9 Å². The Hall–Kier alpha value is -1.44. The van der Waals surface area contributed by atoms with Gasteiger partial charge in [-0.3, -0.25) is 4.79 Å². The molecule has 6 nitrogen and oxygen atoms in total. The summed E-state index contributed by atoms with van der Waals surface area (Å²) in [6.45, 7) is 3.23. The highest BCUT2D eigenvalue weighted by molar-refractivity contribution is 7.89. The quantitative estimate of drug-likeness (QED) is 0.788. The first kappa shape index (κ1) is 16.6. The van der Waals surface area contributed by atoms with Crippen molar-refractivity contribution in [1.29, 1.82) is 0 Å². The maximum absolute atomic E-state index is 12.0. The summed E-state index contributed by atoms with van der Waals surface area (Å²) in [5.74, 6) is -1.58. The Morgan fingerprint density at radius 3 is 2.35 bits per heavy atom. The van der Waals surface area contributed by atoms with Gasteiger partial charge >= 0.3 is 5.97 Å². The number of carbonyl (C=O) groups is 1. The second-order valence-corrected chi connectivity index (χ2v) is 6.78. The van der Waals surface area contributed by atoms with Gasteiger partial charge < -0.3 is 9.84 Å². The number of carboxylic acid groups (broad SMARTS) is 1. The van der Waals surface area contributed by atoms with Crippen molar-refractivity contribution in [2.45, 2.75) is 25.5 Å². The maximum atomic E-state index is 12.0. The zero-order valence-corrected chi connectivity index (χ0v) is 12.5. The summed E-state index contributed by atoms with van der Waals surface area (Å²) < 4.78 is 31.3. The van der Waals surface area contributed by atoms with Gasteiger partial charge in [0.1, 0.15) is 6.04 Å². The molecule has 1 aromatic carbocycles. The Balaban J connectivity index is 2.95. The summed E-state index contributed by atoms with van der Waals surface area (Å²) in [6, 6.07) is 6.84. The topological polar surface area (TPSA) is 92.7 Å². The number of rotatable bonds is 7. The molecule has 0 amide bonds. The van der Waals surface area contributed by atoms with Crippen LogP contribution in [0.3, 0.4) is 0 Å². The lowest BCUT2D eigenvalue weighted by Crippen LogP contribution is -2.42. The van der Waals surface area contributed by atoms with E-state index in [9.17, 15) is 18.3 Å². The Morgan fingerprint density at radius 1 is 1.35 bits per heavy atom. The summed E-state index contributed by atoms with van der Waals surface area (Å²) in [7, 11) is -2.40. The lowest BCUT2D eigenvalue weighted by Gasteiger charge is -2.24. The normalized spacial score (nSPS) is 13.9. The van der Waals surface area contributed by atoms with E-state index in [0.29, 0.717) is 5.56 Å². The second kappa shape index (κ2) is 6.34. The van der Waals surface area contributed by atoms with Crippen LogP contribution in [0.4, 0.5) is 0 Å². The molecule has 1 aromatic rings. The van der Waals surface area contributed by atoms with E-state index in [0.717, 1.165) is 0 Å². The fourth-order valence-corrected chi connectivity index (χ4v) is 3.36. The van der Waals surface area contributed by atoms with Gasteiger partial charge in [-0.25, -0.2) is 8.42 Å². The number of benzene rings is 1. The minimum absolute atomic E-state index is 0.326. The third kappa shape index (κ3) is 4.92. The average molecular weight is 301 g/mol. The molecular weight excluding hydrogens is 282 g/mol. The first-order chi connectivity index (χ1) is 9.17. The molecule has 0 saturated heterocycles. The van der Waals surface area contributed by atoms with Crippen molar-refractivity contribution in [2.24, 2.45) is 0 Å². The average Bonchev–Trinajstić information content (AvgIpc) is 2.35. The van der Waals surface area contributed by atoms with Crippen LogP contribution >= 0.6 is 0 Å². The summed E-state index contributed by atoms with van der Waals surface area (Å²) in [4.78, 5) is 11.3. The van der Waals surface area contributed by atoms with Crippen LogP contribution in [0.1, 0.15) is 25.5 Å². The Labute approximate surface area is 118 Å². The molecule has 0 aliphatic carbocycles. The summed E-state index contributed by atoms with van der Waals surface area (Å²) >= 11 is 0. The fraction of sp³-hybridized carbons (Fsp3) is 0.462. The van der Waals surface area contributed by atoms with Crippen molar-refractivity contribution in [3.8, 4) is 0 Å². The zero-order valence-electron chi connectivity index (χ0n) is 11.7. The molecule has 1 atom stereocenters. The number of carboxylic acids is 1. The molecule has 20 heavy (non-hydrogen) atoms. The van der Waals surface area contributed by atoms with Gasteiger partial charge in [0, 0.05) is 7.11 Å². The molecule has 2 N–H and O–H groups in total. The Bertz CT molecular complexity index is 553. The Morgan fingerprint density at radius 2 is 1.90 bits per heavy atom. The minimum Gasteiger partial charge on any atom is -0.480 e. The monoisotopic (exact) mass is 301 g/mol. The number of hydrogen-bond donors (Lipinski definition) is 2. The molecule has 0 aliphatic rings. The molecule has 0 saturated carbocycles. The third-order valence-electron chi connectivity index (χ3n) is 2.77. The van der Waals surface area contributed by atoms with Gasteiger partial charge in [-0.05, 0) is 19.4 Å². The number of ether oxygens (including phenoxy) is 1. The highest BCUT2D eigenvalue weighted by Crippen LogP contribution is 2.17.